The topological polar surface area (TPSA) is 118 Å². The second-order valence-corrected chi connectivity index (χ2v) is 7.83. The van der Waals surface area contributed by atoms with E-state index < -0.39 is 11.8 Å². The van der Waals surface area contributed by atoms with Crippen molar-refractivity contribution in [2.75, 3.05) is 19.8 Å². The van der Waals surface area contributed by atoms with Gasteiger partial charge in [-0.1, -0.05) is 24.3 Å². The fourth-order valence-electron chi connectivity index (χ4n) is 3.51. The lowest BCUT2D eigenvalue weighted by molar-refractivity contribution is -0.131. The average Bonchev–Trinajstić information content (AvgIpc) is 2.81. The number of nitrogens with zero attached hydrogens (tertiary/aromatic N) is 3. The van der Waals surface area contributed by atoms with Crippen molar-refractivity contribution in [2.24, 2.45) is 16.6 Å². The number of carbonyl (C=O) groups excluding carboxylic acids is 2. The highest BCUT2D eigenvalue weighted by Crippen LogP contribution is 2.31. The molecule has 1 unspecified atom stereocenters. The minimum absolute atomic E-state index is 0.166. The van der Waals surface area contributed by atoms with Crippen molar-refractivity contribution in [3.8, 4) is 6.07 Å². The van der Waals surface area contributed by atoms with Crippen LogP contribution in [0.5, 0.6) is 0 Å². The van der Waals surface area contributed by atoms with Crippen molar-refractivity contribution in [3.63, 3.8) is 0 Å². The highest BCUT2D eigenvalue weighted by atomic mass is 35.5. The summed E-state index contributed by atoms with van der Waals surface area (Å²) >= 11 is 6.21. The lowest BCUT2D eigenvalue weighted by atomic mass is 9.95. The number of primary amides is 1. The molecule has 1 aliphatic heterocycles. The van der Waals surface area contributed by atoms with Gasteiger partial charge in [0.15, 0.2) is 6.61 Å². The predicted octanol–water partition coefficient (Wildman–Crippen LogP) is 2.97. The van der Waals surface area contributed by atoms with Gasteiger partial charge in [0.1, 0.15) is 12.4 Å². The molecule has 2 bridgehead atoms. The number of hydrogen-bond donors (Lipinski definition) is 1. The second kappa shape index (κ2) is 10.6. The summed E-state index contributed by atoms with van der Waals surface area (Å²) in [7, 11) is 0. The van der Waals surface area contributed by atoms with Crippen LogP contribution in [0.25, 0.3) is 0 Å². The number of aliphatic imine (C=N–C) groups is 1. The van der Waals surface area contributed by atoms with Gasteiger partial charge in [0.05, 0.1) is 24.3 Å². The fraction of sp³-hybridized carbons (Fsp3) is 0.304. The summed E-state index contributed by atoms with van der Waals surface area (Å²) in [6, 6.07) is 2.11. The molecule has 0 saturated carbocycles. The summed E-state index contributed by atoms with van der Waals surface area (Å²) < 4.78 is 11.4. The van der Waals surface area contributed by atoms with Crippen LogP contribution < -0.4 is 5.73 Å². The predicted molar refractivity (Wildman–Crippen MR) is 120 cm³/mol. The number of halogens is 1. The molecule has 0 radical (unpaired) electrons. The van der Waals surface area contributed by atoms with Crippen LogP contribution in [0.1, 0.15) is 19.3 Å². The number of carbonyl (C=O) groups is 2. The lowest BCUT2D eigenvalue weighted by Gasteiger charge is -2.27. The van der Waals surface area contributed by atoms with Gasteiger partial charge >= 0.3 is 0 Å². The van der Waals surface area contributed by atoms with Gasteiger partial charge in [-0.25, -0.2) is 0 Å². The molecule has 0 aromatic carbocycles. The van der Waals surface area contributed by atoms with E-state index in [4.69, 9.17) is 26.8 Å². The largest absolute Gasteiger partial charge is 0.493 e. The van der Waals surface area contributed by atoms with Crippen molar-refractivity contribution in [2.45, 2.75) is 19.3 Å². The van der Waals surface area contributed by atoms with Gasteiger partial charge in [0.25, 0.3) is 5.91 Å². The number of nitrogens with two attached hydrogens (primary N) is 1. The molecule has 1 heterocycles. The van der Waals surface area contributed by atoms with Gasteiger partial charge in [-0.15, -0.1) is 0 Å². The first-order chi connectivity index (χ1) is 15.4. The number of amides is 2. The van der Waals surface area contributed by atoms with Crippen LogP contribution in [0, 0.1) is 17.2 Å². The molecule has 2 amide bonds. The summed E-state index contributed by atoms with van der Waals surface area (Å²) in [6.45, 7) is 3.66. The molecule has 0 aromatic rings. The van der Waals surface area contributed by atoms with E-state index in [1.165, 1.54) is 6.20 Å². The van der Waals surface area contributed by atoms with E-state index in [9.17, 15) is 14.9 Å². The molecule has 2 N–H and O–H groups in total. The van der Waals surface area contributed by atoms with Gasteiger partial charge in [-0.2, -0.15) is 5.26 Å². The molecule has 166 valence electrons. The molecule has 9 heteroatoms. The van der Waals surface area contributed by atoms with Crippen molar-refractivity contribution in [3.05, 3.63) is 70.5 Å². The Morgan fingerprint density at radius 3 is 3.00 bits per heavy atom. The summed E-state index contributed by atoms with van der Waals surface area (Å²) in [5.41, 5.74) is 7.18. The Kier molecular flexibility index (Phi) is 7.68. The van der Waals surface area contributed by atoms with E-state index in [1.54, 1.807) is 35.5 Å². The molecular weight excluding hydrogens is 432 g/mol. The summed E-state index contributed by atoms with van der Waals surface area (Å²) in [6.07, 6.45) is 11.1. The third-order valence-electron chi connectivity index (χ3n) is 5.00. The Balaban J connectivity index is 1.98. The van der Waals surface area contributed by atoms with Crippen molar-refractivity contribution in [1.82, 2.24) is 4.90 Å². The van der Waals surface area contributed by atoms with Crippen LogP contribution in [0.15, 0.2) is 75.5 Å². The first-order valence-electron chi connectivity index (χ1n) is 9.99. The number of allylic oxidation sites excluding steroid dienone is 5. The molecule has 32 heavy (non-hydrogen) atoms. The van der Waals surface area contributed by atoms with E-state index in [2.05, 4.69) is 17.6 Å². The normalized spacial score (nSPS) is 22.8. The zero-order valence-corrected chi connectivity index (χ0v) is 18.2. The minimum atomic E-state index is -0.630. The number of rotatable bonds is 7. The number of fused-ring (bicyclic) bond motifs is 2. The zero-order valence-electron chi connectivity index (χ0n) is 17.4. The SMILES string of the molecule is C=CN=C/C1=C\N(CC2=C(OCC(N)=O)C=C(C#N)CC2)C(=O)C2C=C(Cl)C=C(C2)OC1. The Morgan fingerprint density at radius 2 is 2.28 bits per heavy atom. The van der Waals surface area contributed by atoms with Crippen LogP contribution in [0.3, 0.4) is 0 Å². The maximum atomic E-state index is 13.4. The summed E-state index contributed by atoms with van der Waals surface area (Å²) in [4.78, 5) is 30.3. The molecule has 0 fully saturated rings. The number of hydrogen-bond acceptors (Lipinski definition) is 6. The van der Waals surface area contributed by atoms with Gasteiger partial charge in [-0.3, -0.25) is 14.6 Å². The van der Waals surface area contributed by atoms with E-state index in [0.29, 0.717) is 47.0 Å². The van der Waals surface area contributed by atoms with E-state index in [-0.39, 0.29) is 25.7 Å². The summed E-state index contributed by atoms with van der Waals surface area (Å²) in [5.74, 6) is -0.281. The molecule has 0 saturated heterocycles. The summed E-state index contributed by atoms with van der Waals surface area (Å²) in [5, 5.41) is 9.69. The maximum Gasteiger partial charge on any atom is 0.255 e. The van der Waals surface area contributed by atoms with Crippen LogP contribution in [0.2, 0.25) is 0 Å². The van der Waals surface area contributed by atoms with Crippen LogP contribution in [-0.4, -0.2) is 42.7 Å². The molecule has 2 aliphatic carbocycles. The second-order valence-electron chi connectivity index (χ2n) is 7.40. The quantitative estimate of drug-likeness (QED) is 0.593. The van der Waals surface area contributed by atoms with E-state index >= 15 is 0 Å². The van der Waals surface area contributed by atoms with Crippen LogP contribution in [-0.2, 0) is 19.1 Å². The number of nitriles is 1. The fourth-order valence-corrected chi connectivity index (χ4v) is 3.78. The van der Waals surface area contributed by atoms with Gasteiger partial charge < -0.3 is 20.1 Å². The monoisotopic (exact) mass is 454 g/mol. The zero-order chi connectivity index (χ0) is 23.1. The van der Waals surface area contributed by atoms with Gasteiger partial charge in [-0.05, 0) is 30.6 Å². The number of ether oxygens (including phenoxy) is 2. The highest BCUT2D eigenvalue weighted by molar-refractivity contribution is 6.31. The molecule has 8 nitrogen and oxygen atoms in total. The molecule has 0 spiro atoms. The van der Waals surface area contributed by atoms with Crippen molar-refractivity contribution < 1.29 is 19.1 Å². The first-order valence-corrected chi connectivity index (χ1v) is 10.4. The van der Waals surface area contributed by atoms with Crippen molar-refractivity contribution in [1.29, 1.82) is 5.26 Å². The maximum absolute atomic E-state index is 13.4. The van der Waals surface area contributed by atoms with Crippen LogP contribution in [0.4, 0.5) is 0 Å². The van der Waals surface area contributed by atoms with Gasteiger partial charge in [0.2, 0.25) is 5.91 Å². The Labute approximate surface area is 191 Å². The Morgan fingerprint density at radius 1 is 1.47 bits per heavy atom. The Hall–Kier alpha value is -3.57. The average molecular weight is 455 g/mol. The molecule has 0 aromatic heterocycles. The van der Waals surface area contributed by atoms with E-state index in [1.807, 2.05) is 0 Å². The third kappa shape index (κ3) is 5.99. The van der Waals surface area contributed by atoms with Crippen molar-refractivity contribution >= 4 is 29.6 Å². The standard InChI is InChI=1S/C23H23ClN4O4/c1-2-27-10-16-11-28(23(30)18-6-19(24)8-20(7-18)31-13-16)12-17-4-3-15(9-25)5-21(17)32-14-22(26)29/h2,5-6,8,10-11,18H,1,3-4,7,12-14H2,(H2,26,29)/b16-11+,27-10?. The third-order valence-corrected chi connectivity index (χ3v) is 5.23. The molecule has 3 aliphatic rings. The minimum Gasteiger partial charge on any atom is -0.493 e. The molecule has 3 rings (SSSR count). The first kappa shape index (κ1) is 23.1. The lowest BCUT2D eigenvalue weighted by Crippen LogP contribution is -2.34. The molecule has 1 atom stereocenters. The highest BCUT2D eigenvalue weighted by Gasteiger charge is 2.29. The smallest absolute Gasteiger partial charge is 0.255 e. The van der Waals surface area contributed by atoms with E-state index in [0.717, 1.165) is 5.57 Å². The Bertz CT molecular complexity index is 1040. The van der Waals surface area contributed by atoms with Gasteiger partial charge in [0, 0.05) is 41.2 Å². The van der Waals surface area contributed by atoms with Crippen LogP contribution >= 0.6 is 11.6 Å². The molecular formula is C23H23ClN4O4.